The highest BCUT2D eigenvalue weighted by Crippen LogP contribution is 2.41. The van der Waals surface area contributed by atoms with E-state index in [9.17, 15) is 27.2 Å². The minimum absolute atomic E-state index is 0.127. The van der Waals surface area contributed by atoms with Gasteiger partial charge in [0.15, 0.2) is 0 Å². The number of carboxylic acids is 1. The van der Waals surface area contributed by atoms with E-state index in [-0.39, 0.29) is 18.5 Å². The molecular weight excluding hydrogens is 426 g/mol. The van der Waals surface area contributed by atoms with Crippen molar-refractivity contribution in [2.45, 2.75) is 77.8 Å². The third-order valence-corrected chi connectivity index (χ3v) is 6.74. The van der Waals surface area contributed by atoms with Crippen LogP contribution in [-0.4, -0.2) is 23.2 Å². The second-order valence-electron chi connectivity index (χ2n) is 8.95. The summed E-state index contributed by atoms with van der Waals surface area (Å²) in [6.45, 7) is 3.10. The van der Waals surface area contributed by atoms with Gasteiger partial charge in [0.1, 0.15) is 5.82 Å². The third-order valence-electron chi connectivity index (χ3n) is 6.74. The Kier molecular flexibility index (Phi) is 9.52. The molecule has 0 spiro atoms. The van der Waals surface area contributed by atoms with Crippen LogP contribution in [0.5, 0.6) is 0 Å². The first-order valence-electron chi connectivity index (χ1n) is 11.4. The van der Waals surface area contributed by atoms with Crippen LogP contribution in [0.25, 0.3) is 0 Å². The minimum Gasteiger partial charge on any atom is -0.481 e. The van der Waals surface area contributed by atoms with Gasteiger partial charge in [-0.15, -0.1) is 0 Å². The van der Waals surface area contributed by atoms with E-state index in [2.05, 4.69) is 12.2 Å². The molecule has 1 aliphatic rings. The Hall–Kier alpha value is -2.12. The van der Waals surface area contributed by atoms with E-state index in [1.165, 1.54) is 12.1 Å². The quantitative estimate of drug-likeness (QED) is 0.431. The fraction of sp³-hybridized carbons (Fsp3) is 0.667. The van der Waals surface area contributed by atoms with E-state index in [0.717, 1.165) is 45.1 Å². The van der Waals surface area contributed by atoms with Crippen molar-refractivity contribution < 1.29 is 32.3 Å². The molecule has 0 bridgehead atoms. The number of rotatable bonds is 8. The second-order valence-corrected chi connectivity index (χ2v) is 8.95. The van der Waals surface area contributed by atoms with Crippen LogP contribution in [-0.2, 0) is 16.0 Å². The molecule has 2 unspecified atom stereocenters. The molecule has 1 saturated carbocycles. The molecule has 0 radical (unpaired) electrons. The van der Waals surface area contributed by atoms with Gasteiger partial charge in [0.05, 0.1) is 17.5 Å². The molecule has 4 nitrogen and oxygen atoms in total. The van der Waals surface area contributed by atoms with Crippen LogP contribution in [0.3, 0.4) is 0 Å². The van der Waals surface area contributed by atoms with Crippen LogP contribution in [0.4, 0.5) is 23.2 Å². The number of carboxylic acid groups (broad SMARTS) is 1. The Labute approximate surface area is 186 Å². The van der Waals surface area contributed by atoms with Crippen molar-refractivity contribution in [2.24, 2.45) is 23.7 Å². The second kappa shape index (κ2) is 11.7. The summed E-state index contributed by atoms with van der Waals surface area (Å²) in [6, 6.07) is 3.80. The van der Waals surface area contributed by atoms with Crippen molar-refractivity contribution in [1.82, 2.24) is 0 Å². The molecule has 2 N–H and O–H groups in total. The lowest BCUT2D eigenvalue weighted by Crippen LogP contribution is -2.41. The summed E-state index contributed by atoms with van der Waals surface area (Å²) >= 11 is 0. The number of hydrogen-bond acceptors (Lipinski definition) is 2. The molecular formula is C24H33F4NO3. The van der Waals surface area contributed by atoms with Crippen molar-refractivity contribution >= 4 is 17.6 Å². The van der Waals surface area contributed by atoms with Gasteiger partial charge in [0.25, 0.3) is 0 Å². The molecule has 1 aromatic rings. The fourth-order valence-electron chi connectivity index (χ4n) is 4.69. The van der Waals surface area contributed by atoms with Gasteiger partial charge >= 0.3 is 12.1 Å². The third kappa shape index (κ3) is 7.48. The summed E-state index contributed by atoms with van der Waals surface area (Å²) in [4.78, 5) is 23.9. The van der Waals surface area contributed by atoms with E-state index in [1.807, 2.05) is 0 Å². The molecule has 32 heavy (non-hydrogen) atoms. The number of anilines is 1. The Balaban J connectivity index is 2.26. The summed E-state index contributed by atoms with van der Waals surface area (Å²) in [7, 11) is 0. The molecule has 1 fully saturated rings. The number of benzene rings is 1. The van der Waals surface area contributed by atoms with Crippen molar-refractivity contribution in [3.05, 3.63) is 29.6 Å². The highest BCUT2D eigenvalue weighted by molar-refractivity contribution is 5.93. The Morgan fingerprint density at radius 2 is 1.84 bits per heavy atom. The zero-order chi connectivity index (χ0) is 23.9. The van der Waals surface area contributed by atoms with Crippen LogP contribution in [0.15, 0.2) is 18.2 Å². The van der Waals surface area contributed by atoms with Gasteiger partial charge in [-0.2, -0.15) is 13.2 Å². The maximum absolute atomic E-state index is 14.3. The lowest BCUT2D eigenvalue weighted by atomic mass is 9.73. The van der Waals surface area contributed by atoms with E-state index in [0.29, 0.717) is 24.3 Å². The largest absolute Gasteiger partial charge is 0.481 e. The van der Waals surface area contributed by atoms with E-state index >= 15 is 0 Å². The fourth-order valence-corrected chi connectivity index (χ4v) is 4.69. The molecule has 2 rings (SSSR count). The molecule has 4 atom stereocenters. The average molecular weight is 460 g/mol. The number of carbonyl (C=O) groups is 2. The summed E-state index contributed by atoms with van der Waals surface area (Å²) in [5.74, 6) is -5.76. The predicted molar refractivity (Wildman–Crippen MR) is 115 cm³/mol. The summed E-state index contributed by atoms with van der Waals surface area (Å²) in [6.07, 6.45) is 1.00. The van der Waals surface area contributed by atoms with Gasteiger partial charge in [-0.25, -0.2) is 4.39 Å². The maximum atomic E-state index is 14.3. The lowest BCUT2D eigenvalue weighted by Gasteiger charge is -2.34. The normalized spacial score (nSPS) is 21.8. The number of amides is 1. The molecule has 0 heterocycles. The number of hydrogen-bond donors (Lipinski definition) is 2. The van der Waals surface area contributed by atoms with Crippen LogP contribution in [0.2, 0.25) is 0 Å². The highest BCUT2D eigenvalue weighted by atomic mass is 19.4. The lowest BCUT2D eigenvalue weighted by molar-refractivity contribution is -0.191. The van der Waals surface area contributed by atoms with Crippen LogP contribution in [0, 0.1) is 29.5 Å². The summed E-state index contributed by atoms with van der Waals surface area (Å²) in [5, 5.41) is 11.2. The molecule has 1 aromatic carbocycles. The van der Waals surface area contributed by atoms with E-state index in [1.54, 1.807) is 0 Å². The van der Waals surface area contributed by atoms with Gasteiger partial charge in [0, 0.05) is 6.42 Å². The van der Waals surface area contributed by atoms with Crippen LogP contribution >= 0.6 is 0 Å². The van der Waals surface area contributed by atoms with Crippen molar-refractivity contribution in [2.75, 3.05) is 5.32 Å². The average Bonchev–Trinajstić information content (AvgIpc) is 2.69. The number of alkyl halides is 3. The van der Waals surface area contributed by atoms with Crippen molar-refractivity contribution in [3.8, 4) is 0 Å². The zero-order valence-electron chi connectivity index (χ0n) is 18.7. The van der Waals surface area contributed by atoms with Gasteiger partial charge in [-0.05, 0) is 48.8 Å². The van der Waals surface area contributed by atoms with E-state index < -0.39 is 41.6 Å². The van der Waals surface area contributed by atoms with Crippen molar-refractivity contribution in [3.63, 3.8) is 0 Å². The number of halogens is 4. The topological polar surface area (TPSA) is 66.4 Å². The first kappa shape index (κ1) is 26.1. The Morgan fingerprint density at radius 3 is 2.47 bits per heavy atom. The monoisotopic (exact) mass is 459 g/mol. The molecule has 0 saturated heterocycles. The standard InChI is InChI=1S/C24H33F4NO3/c1-3-16-6-4-5-7-18(11-8-16)22(15(2)24(26,27)28)23(32)29-20-14-17(9-12-19(20)25)10-13-21(30)31/h9,12,14-16,18,22H,3-8,10-11,13H2,1-2H3,(H,29,32)(H,30,31)/t15-,16?,18?,22+/m0/s1. The molecule has 180 valence electrons. The van der Waals surface area contributed by atoms with Crippen LogP contribution < -0.4 is 5.32 Å². The Bertz CT molecular complexity index is 781. The van der Waals surface area contributed by atoms with Gasteiger partial charge < -0.3 is 10.4 Å². The van der Waals surface area contributed by atoms with Gasteiger partial charge in [-0.1, -0.05) is 52.0 Å². The molecule has 0 aliphatic heterocycles. The Morgan fingerprint density at radius 1 is 1.16 bits per heavy atom. The predicted octanol–water partition coefficient (Wildman–Crippen LogP) is 6.59. The zero-order valence-corrected chi connectivity index (χ0v) is 18.7. The van der Waals surface area contributed by atoms with Gasteiger partial charge in [-0.3, -0.25) is 9.59 Å². The summed E-state index contributed by atoms with van der Waals surface area (Å²) < 4.78 is 55.4. The van der Waals surface area contributed by atoms with Gasteiger partial charge in [0.2, 0.25) is 5.91 Å². The molecule has 1 amide bonds. The number of nitrogens with one attached hydrogen (secondary N) is 1. The maximum Gasteiger partial charge on any atom is 0.392 e. The highest BCUT2D eigenvalue weighted by Gasteiger charge is 2.47. The van der Waals surface area contributed by atoms with Crippen LogP contribution in [0.1, 0.15) is 70.8 Å². The number of aryl methyl sites for hydroxylation is 1. The summed E-state index contributed by atoms with van der Waals surface area (Å²) in [5.41, 5.74) is 0.274. The number of aliphatic carboxylic acids is 1. The first-order valence-corrected chi connectivity index (χ1v) is 11.4. The van der Waals surface area contributed by atoms with E-state index in [4.69, 9.17) is 5.11 Å². The smallest absolute Gasteiger partial charge is 0.392 e. The molecule has 1 aliphatic carbocycles. The first-order chi connectivity index (χ1) is 15.0. The molecule has 0 aromatic heterocycles. The van der Waals surface area contributed by atoms with Crippen molar-refractivity contribution in [1.29, 1.82) is 0 Å². The SMILES string of the molecule is CCC1CCCCC([C@H](C(=O)Nc2cc(CCC(=O)O)ccc2F)[C@H](C)C(F)(F)F)CC1. The minimum atomic E-state index is -4.55. The number of carbonyl (C=O) groups excluding carboxylic acids is 1. The molecule has 8 heteroatoms.